The van der Waals surface area contributed by atoms with Crippen LogP contribution in [0.5, 0.6) is 0 Å². The normalized spacial score (nSPS) is 29.6. The molecule has 0 radical (unpaired) electrons. The molecular formula is C14H19ClO. The Hall–Kier alpha value is -0.530. The van der Waals surface area contributed by atoms with Gasteiger partial charge in [0.15, 0.2) is 0 Å². The van der Waals surface area contributed by atoms with Crippen LogP contribution in [0.25, 0.3) is 0 Å². The van der Waals surface area contributed by atoms with Crippen molar-refractivity contribution < 1.29 is 5.11 Å². The van der Waals surface area contributed by atoms with Gasteiger partial charge in [0.05, 0.1) is 5.60 Å². The highest BCUT2D eigenvalue weighted by molar-refractivity contribution is 6.30. The summed E-state index contributed by atoms with van der Waals surface area (Å²) < 4.78 is 0. The van der Waals surface area contributed by atoms with E-state index in [9.17, 15) is 5.11 Å². The van der Waals surface area contributed by atoms with Crippen LogP contribution in [-0.4, -0.2) is 10.7 Å². The summed E-state index contributed by atoms with van der Waals surface area (Å²) in [5.41, 5.74) is 0.706. The first-order valence-corrected chi connectivity index (χ1v) is 6.46. The van der Waals surface area contributed by atoms with Gasteiger partial charge in [0.1, 0.15) is 0 Å². The molecular weight excluding hydrogens is 220 g/mol. The number of rotatable bonds is 3. The van der Waals surface area contributed by atoms with Crippen LogP contribution >= 0.6 is 11.6 Å². The van der Waals surface area contributed by atoms with E-state index in [1.807, 2.05) is 24.3 Å². The van der Waals surface area contributed by atoms with Gasteiger partial charge in [-0.25, -0.2) is 0 Å². The highest BCUT2D eigenvalue weighted by Crippen LogP contribution is 2.38. The van der Waals surface area contributed by atoms with Crippen molar-refractivity contribution in [2.45, 2.75) is 44.6 Å². The van der Waals surface area contributed by atoms with Gasteiger partial charge >= 0.3 is 0 Å². The van der Waals surface area contributed by atoms with Crippen molar-refractivity contribution >= 4 is 11.6 Å². The van der Waals surface area contributed by atoms with E-state index in [1.165, 1.54) is 18.4 Å². The van der Waals surface area contributed by atoms with Crippen LogP contribution in [0.1, 0.15) is 38.2 Å². The van der Waals surface area contributed by atoms with E-state index in [4.69, 9.17) is 11.6 Å². The molecule has 1 aliphatic rings. The fraction of sp³-hybridized carbons (Fsp3) is 0.571. The SMILES string of the molecule is CCC1CCC(O)(Cc2ccc(Cl)cc2)C1. The van der Waals surface area contributed by atoms with Crippen LogP contribution in [0.15, 0.2) is 24.3 Å². The van der Waals surface area contributed by atoms with Crippen molar-refractivity contribution in [2.75, 3.05) is 0 Å². The zero-order valence-corrected chi connectivity index (χ0v) is 10.5. The molecule has 1 aromatic carbocycles. The summed E-state index contributed by atoms with van der Waals surface area (Å²) in [4.78, 5) is 0. The Morgan fingerprint density at radius 3 is 2.62 bits per heavy atom. The standard InChI is InChI=1S/C14H19ClO/c1-2-11-7-8-14(16,9-11)10-12-3-5-13(15)6-4-12/h3-6,11,16H,2,7-10H2,1H3. The molecule has 1 aromatic rings. The third-order valence-electron chi connectivity index (χ3n) is 3.71. The zero-order chi connectivity index (χ0) is 11.6. The first-order valence-electron chi connectivity index (χ1n) is 6.08. The second-order valence-electron chi connectivity index (χ2n) is 5.04. The van der Waals surface area contributed by atoms with Crippen molar-refractivity contribution in [1.29, 1.82) is 0 Å². The minimum atomic E-state index is -0.478. The van der Waals surface area contributed by atoms with Crippen LogP contribution in [-0.2, 0) is 6.42 Å². The molecule has 0 saturated heterocycles. The molecule has 0 spiro atoms. The van der Waals surface area contributed by atoms with Gasteiger partial charge in [0, 0.05) is 11.4 Å². The maximum atomic E-state index is 10.5. The summed E-state index contributed by atoms with van der Waals surface area (Å²) in [5, 5.41) is 11.2. The van der Waals surface area contributed by atoms with Crippen molar-refractivity contribution in [3.05, 3.63) is 34.9 Å². The highest BCUT2D eigenvalue weighted by Gasteiger charge is 2.36. The third-order valence-corrected chi connectivity index (χ3v) is 3.96. The molecule has 0 amide bonds. The third kappa shape index (κ3) is 2.78. The highest BCUT2D eigenvalue weighted by atomic mass is 35.5. The lowest BCUT2D eigenvalue weighted by atomic mass is 9.91. The van der Waals surface area contributed by atoms with E-state index in [-0.39, 0.29) is 0 Å². The number of aliphatic hydroxyl groups is 1. The molecule has 2 atom stereocenters. The first-order chi connectivity index (χ1) is 7.61. The molecule has 88 valence electrons. The van der Waals surface area contributed by atoms with Crippen LogP contribution in [0.2, 0.25) is 5.02 Å². The van der Waals surface area contributed by atoms with Gasteiger partial charge in [-0.15, -0.1) is 0 Å². The molecule has 0 bridgehead atoms. The Balaban J connectivity index is 2.01. The van der Waals surface area contributed by atoms with Crippen molar-refractivity contribution in [2.24, 2.45) is 5.92 Å². The van der Waals surface area contributed by atoms with Gasteiger partial charge in [-0.3, -0.25) is 0 Å². The average molecular weight is 239 g/mol. The van der Waals surface area contributed by atoms with Gasteiger partial charge < -0.3 is 5.11 Å². The van der Waals surface area contributed by atoms with E-state index < -0.39 is 5.60 Å². The molecule has 0 aliphatic heterocycles. The molecule has 0 heterocycles. The largest absolute Gasteiger partial charge is 0.390 e. The van der Waals surface area contributed by atoms with Gasteiger partial charge in [0.2, 0.25) is 0 Å². The summed E-state index contributed by atoms with van der Waals surface area (Å²) in [7, 11) is 0. The van der Waals surface area contributed by atoms with Gasteiger partial charge in [-0.1, -0.05) is 37.1 Å². The van der Waals surface area contributed by atoms with Crippen molar-refractivity contribution in [1.82, 2.24) is 0 Å². The fourth-order valence-corrected chi connectivity index (χ4v) is 2.83. The maximum Gasteiger partial charge on any atom is 0.0690 e. The Morgan fingerprint density at radius 2 is 2.06 bits per heavy atom. The summed E-state index contributed by atoms with van der Waals surface area (Å²) >= 11 is 5.85. The van der Waals surface area contributed by atoms with Crippen LogP contribution in [0, 0.1) is 5.92 Å². The van der Waals surface area contributed by atoms with Crippen LogP contribution in [0.4, 0.5) is 0 Å². The molecule has 16 heavy (non-hydrogen) atoms. The summed E-state index contributed by atoms with van der Waals surface area (Å²) in [6.45, 7) is 2.21. The molecule has 1 saturated carbocycles. The van der Waals surface area contributed by atoms with Crippen LogP contribution in [0.3, 0.4) is 0 Å². The zero-order valence-electron chi connectivity index (χ0n) is 9.75. The second kappa shape index (κ2) is 4.77. The van der Waals surface area contributed by atoms with E-state index in [0.29, 0.717) is 5.92 Å². The molecule has 1 fully saturated rings. The Kier molecular flexibility index (Phi) is 3.56. The number of hydrogen-bond donors (Lipinski definition) is 1. The predicted molar refractivity (Wildman–Crippen MR) is 67.7 cm³/mol. The lowest BCUT2D eigenvalue weighted by Crippen LogP contribution is -2.27. The monoisotopic (exact) mass is 238 g/mol. The number of halogens is 1. The van der Waals surface area contributed by atoms with Gasteiger partial charge in [-0.05, 0) is 42.9 Å². The minimum absolute atomic E-state index is 0.478. The Labute approximate surface area is 102 Å². The number of hydrogen-bond acceptors (Lipinski definition) is 1. The smallest absolute Gasteiger partial charge is 0.0690 e. The lowest BCUT2D eigenvalue weighted by Gasteiger charge is -2.22. The first kappa shape index (κ1) is 11.9. The number of benzene rings is 1. The van der Waals surface area contributed by atoms with Gasteiger partial charge in [0.25, 0.3) is 0 Å². The van der Waals surface area contributed by atoms with Gasteiger partial charge in [-0.2, -0.15) is 0 Å². The molecule has 1 aliphatic carbocycles. The fourth-order valence-electron chi connectivity index (χ4n) is 2.71. The predicted octanol–water partition coefficient (Wildman–Crippen LogP) is 3.82. The molecule has 1 nitrogen and oxygen atoms in total. The summed E-state index contributed by atoms with van der Waals surface area (Å²) in [5.74, 6) is 0.706. The van der Waals surface area contributed by atoms with Crippen molar-refractivity contribution in [3.63, 3.8) is 0 Å². The topological polar surface area (TPSA) is 20.2 Å². The summed E-state index contributed by atoms with van der Waals surface area (Å²) in [6.07, 6.45) is 5.00. The second-order valence-corrected chi connectivity index (χ2v) is 5.48. The maximum absolute atomic E-state index is 10.5. The summed E-state index contributed by atoms with van der Waals surface area (Å²) in [6, 6.07) is 7.82. The van der Waals surface area contributed by atoms with E-state index in [1.54, 1.807) is 0 Å². The molecule has 2 heteroatoms. The Morgan fingerprint density at radius 1 is 1.38 bits per heavy atom. The minimum Gasteiger partial charge on any atom is -0.390 e. The quantitative estimate of drug-likeness (QED) is 0.849. The van der Waals surface area contributed by atoms with E-state index in [0.717, 1.165) is 24.3 Å². The molecule has 1 N–H and O–H groups in total. The Bertz CT molecular complexity index is 346. The molecule has 0 aromatic heterocycles. The lowest BCUT2D eigenvalue weighted by molar-refractivity contribution is 0.0437. The molecule has 2 unspecified atom stereocenters. The van der Waals surface area contributed by atoms with Crippen molar-refractivity contribution in [3.8, 4) is 0 Å². The van der Waals surface area contributed by atoms with E-state index in [2.05, 4.69) is 6.92 Å². The molecule has 2 rings (SSSR count). The van der Waals surface area contributed by atoms with E-state index >= 15 is 0 Å². The average Bonchev–Trinajstić information content (AvgIpc) is 2.64. The van der Waals surface area contributed by atoms with Crippen LogP contribution < -0.4 is 0 Å².